The number of hydrogen-bond donors (Lipinski definition) is 1. The summed E-state index contributed by atoms with van der Waals surface area (Å²) < 4.78 is 30.2. The summed E-state index contributed by atoms with van der Waals surface area (Å²) >= 11 is 0. The molecule has 0 bridgehead atoms. The van der Waals surface area contributed by atoms with E-state index in [0.717, 1.165) is 103 Å². The fourth-order valence-electron chi connectivity index (χ4n) is 7.75. The van der Waals surface area contributed by atoms with Gasteiger partial charge in [0.1, 0.15) is 19.3 Å². The Morgan fingerprint density at radius 1 is 0.500 bits per heavy atom. The first kappa shape index (κ1) is 68.9. The van der Waals surface area contributed by atoms with Gasteiger partial charge in [-0.1, -0.05) is 208 Å². The van der Waals surface area contributed by atoms with Crippen molar-refractivity contribution >= 4 is 19.7 Å². The molecule has 3 atom stereocenters. The Labute approximate surface area is 443 Å². The van der Waals surface area contributed by atoms with Gasteiger partial charge < -0.3 is 28.5 Å². The fraction of sp³-hybridized carbons (Fsp3) is 0.710. The van der Waals surface area contributed by atoms with Crippen LogP contribution in [0, 0.1) is 0 Å². The molecule has 0 aromatic heterocycles. The van der Waals surface area contributed by atoms with Crippen LogP contribution in [-0.2, 0) is 27.9 Å². The SMILES string of the molecule is CC/C=C/C/C=C/C/C=C/CCCCCCC(=O)NC(COP(=O)([O-])OCC[N+](C)(C)C)C(/C=C/CCCCCCCCCCCCC)OC(=O)CCCCC/C=C\C/C=C\C/C=C\C/C=C\CCCCC. The summed E-state index contributed by atoms with van der Waals surface area (Å²) in [5, 5.41) is 3.00. The van der Waals surface area contributed by atoms with Gasteiger partial charge in [-0.25, -0.2) is 0 Å². The van der Waals surface area contributed by atoms with E-state index >= 15 is 0 Å². The minimum atomic E-state index is -4.71. The quantitative estimate of drug-likeness (QED) is 0.0212. The number of phosphoric ester groups is 1. The molecule has 10 heteroatoms. The largest absolute Gasteiger partial charge is 0.756 e. The highest BCUT2D eigenvalue weighted by molar-refractivity contribution is 7.45. The van der Waals surface area contributed by atoms with Crippen molar-refractivity contribution in [1.82, 2.24) is 5.32 Å². The van der Waals surface area contributed by atoms with Crippen molar-refractivity contribution in [3.05, 3.63) is 97.2 Å². The molecule has 0 aromatic rings. The molecule has 0 aliphatic heterocycles. The summed E-state index contributed by atoms with van der Waals surface area (Å²) in [5.74, 6) is -0.609. The number of rotatable bonds is 51. The number of allylic oxidation sites excluding steroid dienone is 15. The van der Waals surface area contributed by atoms with Gasteiger partial charge in [0.2, 0.25) is 5.91 Å². The molecule has 0 aliphatic carbocycles. The number of likely N-dealkylation sites (N-methyl/N-ethyl adjacent to an activating group) is 1. The van der Waals surface area contributed by atoms with Crippen LogP contribution < -0.4 is 10.2 Å². The van der Waals surface area contributed by atoms with Crippen molar-refractivity contribution in [1.29, 1.82) is 0 Å². The molecule has 0 rings (SSSR count). The zero-order chi connectivity index (χ0) is 52.9. The van der Waals surface area contributed by atoms with Gasteiger partial charge in [0.05, 0.1) is 33.8 Å². The van der Waals surface area contributed by atoms with Gasteiger partial charge in [-0.2, -0.15) is 0 Å². The second-order valence-corrected chi connectivity index (χ2v) is 21.8. The third-order valence-corrected chi connectivity index (χ3v) is 13.2. The molecule has 0 aliphatic rings. The zero-order valence-corrected chi connectivity index (χ0v) is 48.0. The van der Waals surface area contributed by atoms with E-state index in [0.29, 0.717) is 23.9 Å². The number of unbranched alkanes of at least 4 members (excludes halogenated alkanes) is 21. The Kier molecular flexibility index (Phi) is 49.2. The van der Waals surface area contributed by atoms with E-state index in [1.807, 2.05) is 33.3 Å². The Bertz CT molecular complexity index is 1560. The Morgan fingerprint density at radius 2 is 0.889 bits per heavy atom. The van der Waals surface area contributed by atoms with Crippen LogP contribution >= 0.6 is 7.82 Å². The van der Waals surface area contributed by atoms with Crippen LogP contribution in [0.4, 0.5) is 0 Å². The van der Waals surface area contributed by atoms with E-state index in [9.17, 15) is 19.0 Å². The van der Waals surface area contributed by atoms with Gasteiger partial charge in [0.15, 0.2) is 0 Å². The Balaban J connectivity index is 5.45. The standard InChI is InChI=1S/C62H109N2O7P/c1-7-10-13-16-19-22-25-28-30-31-32-33-34-37-40-43-46-49-52-55-62(66)71-60(53-50-47-44-41-38-35-27-24-21-18-15-12-9-3)59(58-70-72(67,68)69-57-56-64(4,5)6)63-61(65)54-51-48-45-42-39-36-29-26-23-20-17-14-11-8-2/h11,14,19-20,22-23,28-30,32-33,36-37,40,50,53,59-60H,7-10,12-13,15-18,21,24-27,31,34-35,38-39,41-49,51-52,54-58H2,1-6H3,(H-,63,65,67,68)/b14-11+,22-19-,23-20+,30-28-,33-32-,36-29+,40-37-,53-50+. The third-order valence-electron chi connectivity index (χ3n) is 12.2. The molecule has 0 aromatic carbocycles. The third kappa shape index (κ3) is 51.8. The van der Waals surface area contributed by atoms with Crippen LogP contribution in [0.1, 0.15) is 233 Å². The van der Waals surface area contributed by atoms with Gasteiger partial charge in [-0.3, -0.25) is 14.2 Å². The van der Waals surface area contributed by atoms with Crippen molar-refractivity contribution in [3.8, 4) is 0 Å². The predicted molar refractivity (Wildman–Crippen MR) is 307 cm³/mol. The second kappa shape index (κ2) is 51.4. The molecule has 0 heterocycles. The molecule has 1 amide bonds. The van der Waals surface area contributed by atoms with Crippen LogP contribution in [0.15, 0.2) is 97.2 Å². The normalized spacial score (nSPS) is 14.5. The molecular weight excluding hydrogens is 916 g/mol. The number of nitrogens with zero attached hydrogens (tertiary/aromatic N) is 1. The zero-order valence-electron chi connectivity index (χ0n) is 47.1. The first-order chi connectivity index (χ1) is 34.9. The van der Waals surface area contributed by atoms with Crippen LogP contribution in [0.3, 0.4) is 0 Å². The summed E-state index contributed by atoms with van der Waals surface area (Å²) in [7, 11) is 1.14. The van der Waals surface area contributed by atoms with Crippen molar-refractivity contribution in [2.24, 2.45) is 0 Å². The van der Waals surface area contributed by atoms with Crippen molar-refractivity contribution in [2.45, 2.75) is 245 Å². The highest BCUT2D eigenvalue weighted by Crippen LogP contribution is 2.38. The molecule has 1 N–H and O–H groups in total. The molecule has 9 nitrogen and oxygen atoms in total. The van der Waals surface area contributed by atoms with Gasteiger partial charge in [0, 0.05) is 12.8 Å². The number of nitrogens with one attached hydrogen (secondary N) is 1. The molecule has 0 saturated heterocycles. The van der Waals surface area contributed by atoms with Crippen molar-refractivity contribution < 1.29 is 37.3 Å². The topological polar surface area (TPSA) is 114 Å². The summed E-state index contributed by atoms with van der Waals surface area (Å²) in [6, 6.07) is -0.918. The smallest absolute Gasteiger partial charge is 0.306 e. The fourth-order valence-corrected chi connectivity index (χ4v) is 8.48. The van der Waals surface area contributed by atoms with Crippen LogP contribution in [-0.4, -0.2) is 69.4 Å². The molecule has 0 fully saturated rings. The van der Waals surface area contributed by atoms with Crippen molar-refractivity contribution in [2.75, 3.05) is 40.9 Å². The lowest BCUT2D eigenvalue weighted by Gasteiger charge is -2.30. The molecular formula is C62H109N2O7P. The number of phosphoric acid groups is 1. The summed E-state index contributed by atoms with van der Waals surface area (Å²) in [5.41, 5.74) is 0. The van der Waals surface area contributed by atoms with E-state index in [1.54, 1.807) is 0 Å². The number of quaternary nitrogens is 1. The average molecular weight is 1030 g/mol. The van der Waals surface area contributed by atoms with E-state index in [4.69, 9.17) is 13.8 Å². The molecule has 72 heavy (non-hydrogen) atoms. The first-order valence-corrected chi connectivity index (χ1v) is 30.5. The average Bonchev–Trinajstić information content (AvgIpc) is 3.34. The van der Waals surface area contributed by atoms with E-state index in [-0.39, 0.29) is 31.3 Å². The lowest BCUT2D eigenvalue weighted by molar-refractivity contribution is -0.870. The highest BCUT2D eigenvalue weighted by atomic mass is 31.2. The van der Waals surface area contributed by atoms with Gasteiger partial charge in [-0.15, -0.1) is 0 Å². The maximum absolute atomic E-state index is 13.5. The number of esters is 1. The van der Waals surface area contributed by atoms with Crippen molar-refractivity contribution in [3.63, 3.8) is 0 Å². The minimum absolute atomic E-state index is 0.0369. The lowest BCUT2D eigenvalue weighted by atomic mass is 10.0. The van der Waals surface area contributed by atoms with Gasteiger partial charge in [0.25, 0.3) is 7.82 Å². The highest BCUT2D eigenvalue weighted by Gasteiger charge is 2.27. The lowest BCUT2D eigenvalue weighted by Crippen LogP contribution is -2.47. The van der Waals surface area contributed by atoms with Crippen LogP contribution in [0.25, 0.3) is 0 Å². The predicted octanol–water partition coefficient (Wildman–Crippen LogP) is 17.0. The molecule has 0 saturated carbocycles. The minimum Gasteiger partial charge on any atom is -0.756 e. The van der Waals surface area contributed by atoms with Crippen LogP contribution in [0.2, 0.25) is 0 Å². The number of carbonyl (C=O) groups excluding carboxylic acids is 2. The van der Waals surface area contributed by atoms with Gasteiger partial charge in [-0.05, 0) is 109 Å². The van der Waals surface area contributed by atoms with Crippen LogP contribution in [0.5, 0.6) is 0 Å². The number of amides is 1. The Morgan fingerprint density at radius 3 is 1.38 bits per heavy atom. The molecule has 0 spiro atoms. The molecule has 414 valence electrons. The number of ether oxygens (including phenoxy) is 1. The van der Waals surface area contributed by atoms with E-state index in [1.165, 1.54) is 83.5 Å². The summed E-state index contributed by atoms with van der Waals surface area (Å²) in [6.45, 7) is 6.64. The molecule has 3 unspecified atom stereocenters. The number of hydrogen-bond acceptors (Lipinski definition) is 7. The summed E-state index contributed by atoms with van der Waals surface area (Å²) in [6.07, 6.45) is 68.0. The second-order valence-electron chi connectivity index (χ2n) is 20.4. The van der Waals surface area contributed by atoms with Gasteiger partial charge >= 0.3 is 5.97 Å². The summed E-state index contributed by atoms with van der Waals surface area (Å²) in [4.78, 5) is 39.9. The number of carbonyl (C=O) groups is 2. The monoisotopic (exact) mass is 1020 g/mol. The Hall–Kier alpha value is -3.07. The maximum atomic E-state index is 13.5. The molecule has 0 radical (unpaired) electrons. The maximum Gasteiger partial charge on any atom is 0.306 e. The van der Waals surface area contributed by atoms with E-state index < -0.39 is 26.6 Å². The first-order valence-electron chi connectivity index (χ1n) is 29.0. The van der Waals surface area contributed by atoms with E-state index in [2.05, 4.69) is 111 Å².